The van der Waals surface area contributed by atoms with Crippen LogP contribution in [-0.4, -0.2) is 18.6 Å². The molecule has 0 unspecified atom stereocenters. The van der Waals surface area contributed by atoms with Crippen LogP contribution in [0.1, 0.15) is 56.0 Å². The standard InChI is InChI=1S/C18H24N2O2S/c1-18(2,3)11-6-7-12-13(10-19)17(23-15(12)9-11)20-16(21)14-5-4-8-22-14/h11,14H,4-9H2,1-3H3,(H,20,21)/t11-,14+/m1/s1. The number of fused-ring (bicyclic) bond motifs is 1. The Balaban J connectivity index is 1.82. The maximum atomic E-state index is 12.3. The number of nitrogens with zero attached hydrogens (tertiary/aromatic N) is 1. The quantitative estimate of drug-likeness (QED) is 0.894. The number of ether oxygens (including phenoxy) is 1. The van der Waals surface area contributed by atoms with Crippen molar-refractivity contribution in [2.45, 2.75) is 59.0 Å². The minimum atomic E-state index is -0.358. The molecule has 0 radical (unpaired) electrons. The van der Waals surface area contributed by atoms with Crippen molar-refractivity contribution in [3.8, 4) is 6.07 Å². The van der Waals surface area contributed by atoms with Gasteiger partial charge >= 0.3 is 0 Å². The van der Waals surface area contributed by atoms with E-state index in [1.807, 2.05) is 0 Å². The van der Waals surface area contributed by atoms with Crippen LogP contribution in [0.3, 0.4) is 0 Å². The summed E-state index contributed by atoms with van der Waals surface area (Å²) < 4.78 is 5.43. The lowest BCUT2D eigenvalue weighted by Gasteiger charge is -2.33. The third-order valence-electron chi connectivity index (χ3n) is 5.06. The van der Waals surface area contributed by atoms with Crippen LogP contribution in [0.4, 0.5) is 5.00 Å². The molecule has 1 aromatic rings. The van der Waals surface area contributed by atoms with Crippen LogP contribution in [0.15, 0.2) is 0 Å². The van der Waals surface area contributed by atoms with Crippen molar-refractivity contribution in [1.82, 2.24) is 0 Å². The van der Waals surface area contributed by atoms with Crippen LogP contribution in [0, 0.1) is 22.7 Å². The van der Waals surface area contributed by atoms with E-state index in [-0.39, 0.29) is 17.4 Å². The van der Waals surface area contributed by atoms with Gasteiger partial charge in [-0.25, -0.2) is 0 Å². The largest absolute Gasteiger partial charge is 0.368 e. The molecule has 0 saturated carbocycles. The molecule has 1 aromatic heterocycles. The van der Waals surface area contributed by atoms with Gasteiger partial charge in [-0.3, -0.25) is 4.79 Å². The highest BCUT2D eigenvalue weighted by atomic mass is 32.1. The number of anilines is 1. The Labute approximate surface area is 141 Å². The summed E-state index contributed by atoms with van der Waals surface area (Å²) in [6.45, 7) is 7.49. The van der Waals surface area contributed by atoms with Gasteiger partial charge in [-0.1, -0.05) is 20.8 Å². The highest BCUT2D eigenvalue weighted by Crippen LogP contribution is 2.44. The Hall–Kier alpha value is -1.38. The third-order valence-corrected chi connectivity index (χ3v) is 6.23. The summed E-state index contributed by atoms with van der Waals surface area (Å²) in [7, 11) is 0. The van der Waals surface area contributed by atoms with Crippen LogP contribution in [-0.2, 0) is 22.4 Å². The Morgan fingerprint density at radius 3 is 2.78 bits per heavy atom. The van der Waals surface area contributed by atoms with Crippen molar-refractivity contribution in [1.29, 1.82) is 5.26 Å². The van der Waals surface area contributed by atoms with Crippen LogP contribution in [0.5, 0.6) is 0 Å². The Morgan fingerprint density at radius 1 is 1.39 bits per heavy atom. The smallest absolute Gasteiger partial charge is 0.254 e. The molecule has 124 valence electrons. The summed E-state index contributed by atoms with van der Waals surface area (Å²) in [6.07, 6.45) is 4.40. The second-order valence-electron chi connectivity index (χ2n) is 7.62. The third kappa shape index (κ3) is 3.29. The maximum absolute atomic E-state index is 12.3. The van der Waals surface area contributed by atoms with E-state index in [0.717, 1.165) is 37.7 Å². The van der Waals surface area contributed by atoms with Gasteiger partial charge in [0.2, 0.25) is 0 Å². The molecule has 23 heavy (non-hydrogen) atoms. The van der Waals surface area contributed by atoms with Gasteiger partial charge in [0.15, 0.2) is 0 Å². The molecule has 4 nitrogen and oxygen atoms in total. The second-order valence-corrected chi connectivity index (χ2v) is 8.72. The molecule has 1 fully saturated rings. The van der Waals surface area contributed by atoms with Crippen LogP contribution in [0.25, 0.3) is 0 Å². The van der Waals surface area contributed by atoms with Gasteiger partial charge in [-0.15, -0.1) is 11.3 Å². The fourth-order valence-corrected chi connectivity index (χ4v) is 4.79. The molecule has 1 aliphatic heterocycles. The molecule has 0 aromatic carbocycles. The number of rotatable bonds is 2. The lowest BCUT2D eigenvalue weighted by atomic mass is 9.72. The van der Waals surface area contributed by atoms with E-state index in [9.17, 15) is 10.1 Å². The fourth-order valence-electron chi connectivity index (χ4n) is 3.51. The van der Waals surface area contributed by atoms with Gasteiger partial charge in [-0.2, -0.15) is 5.26 Å². The van der Waals surface area contributed by atoms with E-state index >= 15 is 0 Å². The van der Waals surface area contributed by atoms with Crippen molar-refractivity contribution in [2.24, 2.45) is 11.3 Å². The van der Waals surface area contributed by atoms with Crippen molar-refractivity contribution < 1.29 is 9.53 Å². The summed E-state index contributed by atoms with van der Waals surface area (Å²) in [6, 6.07) is 2.31. The zero-order chi connectivity index (χ0) is 16.6. The lowest BCUT2D eigenvalue weighted by Crippen LogP contribution is -2.26. The van der Waals surface area contributed by atoms with E-state index in [0.29, 0.717) is 23.1 Å². The molecule has 5 heteroatoms. The maximum Gasteiger partial charge on any atom is 0.254 e. The van der Waals surface area contributed by atoms with Gasteiger partial charge in [0.05, 0.1) is 5.56 Å². The van der Waals surface area contributed by atoms with Crippen molar-refractivity contribution >= 4 is 22.2 Å². The van der Waals surface area contributed by atoms with Crippen molar-refractivity contribution in [3.05, 3.63) is 16.0 Å². The van der Waals surface area contributed by atoms with Gasteiger partial charge in [-0.05, 0) is 49.0 Å². The molecular formula is C18H24N2O2S. The average Bonchev–Trinajstić information content (AvgIpc) is 3.12. The molecule has 2 aliphatic rings. The molecule has 0 bridgehead atoms. The van der Waals surface area contributed by atoms with Gasteiger partial charge in [0.25, 0.3) is 5.91 Å². The lowest BCUT2D eigenvalue weighted by molar-refractivity contribution is -0.124. The number of thiophene rings is 1. The van der Waals surface area contributed by atoms with E-state index in [4.69, 9.17) is 4.74 Å². The van der Waals surface area contributed by atoms with E-state index in [1.54, 1.807) is 11.3 Å². The van der Waals surface area contributed by atoms with Crippen LogP contribution in [0.2, 0.25) is 0 Å². The Morgan fingerprint density at radius 2 is 2.17 bits per heavy atom. The zero-order valence-corrected chi connectivity index (χ0v) is 14.9. The topological polar surface area (TPSA) is 62.1 Å². The summed E-state index contributed by atoms with van der Waals surface area (Å²) in [5.41, 5.74) is 2.10. The van der Waals surface area contributed by atoms with Crippen LogP contribution < -0.4 is 5.32 Å². The first-order valence-corrected chi connectivity index (χ1v) is 9.19. The number of hydrogen-bond acceptors (Lipinski definition) is 4. The predicted molar refractivity (Wildman–Crippen MR) is 91.6 cm³/mol. The summed E-state index contributed by atoms with van der Waals surface area (Å²) in [5.74, 6) is 0.520. The molecule has 3 rings (SSSR count). The minimum Gasteiger partial charge on any atom is -0.368 e. The molecule has 2 atom stereocenters. The number of carbonyl (C=O) groups excluding carboxylic acids is 1. The highest BCUT2D eigenvalue weighted by Gasteiger charge is 2.33. The van der Waals surface area contributed by atoms with Crippen LogP contribution >= 0.6 is 11.3 Å². The average molecular weight is 332 g/mol. The first-order chi connectivity index (χ1) is 10.9. The first-order valence-electron chi connectivity index (χ1n) is 8.37. The molecule has 0 spiro atoms. The summed E-state index contributed by atoms with van der Waals surface area (Å²) >= 11 is 1.58. The fraction of sp³-hybridized carbons (Fsp3) is 0.667. The number of hydrogen-bond donors (Lipinski definition) is 1. The normalized spacial score (nSPS) is 24.1. The van der Waals surface area contributed by atoms with Gasteiger partial charge in [0.1, 0.15) is 17.2 Å². The number of amides is 1. The zero-order valence-electron chi connectivity index (χ0n) is 14.1. The molecule has 1 N–H and O–H groups in total. The van der Waals surface area contributed by atoms with Gasteiger partial charge in [0, 0.05) is 11.5 Å². The minimum absolute atomic E-state index is 0.107. The summed E-state index contributed by atoms with van der Waals surface area (Å²) in [5, 5.41) is 13.2. The van der Waals surface area contributed by atoms with E-state index in [2.05, 4.69) is 32.2 Å². The van der Waals surface area contributed by atoms with Crippen molar-refractivity contribution in [3.63, 3.8) is 0 Å². The Bertz CT molecular complexity index is 645. The number of nitrogens with one attached hydrogen (secondary N) is 1. The Kier molecular flexibility index (Phi) is 4.48. The van der Waals surface area contributed by atoms with E-state index < -0.39 is 0 Å². The highest BCUT2D eigenvalue weighted by molar-refractivity contribution is 7.16. The predicted octanol–water partition coefficient (Wildman–Crippen LogP) is 3.89. The van der Waals surface area contributed by atoms with Gasteiger partial charge < -0.3 is 10.1 Å². The van der Waals surface area contributed by atoms with E-state index in [1.165, 1.54) is 4.88 Å². The molecule has 1 amide bonds. The van der Waals surface area contributed by atoms with Crippen molar-refractivity contribution in [2.75, 3.05) is 11.9 Å². The first kappa shape index (κ1) is 16.5. The monoisotopic (exact) mass is 332 g/mol. The molecule has 1 aliphatic carbocycles. The number of carbonyl (C=O) groups is 1. The summed E-state index contributed by atoms with van der Waals surface area (Å²) in [4.78, 5) is 13.6. The molecule has 2 heterocycles. The number of nitriles is 1. The SMILES string of the molecule is CC(C)(C)[C@@H]1CCc2c(sc(NC(=O)[C@@H]3CCCO3)c2C#N)C1. The molecule has 1 saturated heterocycles. The molecular weight excluding hydrogens is 308 g/mol. The second kappa shape index (κ2) is 6.26.